The van der Waals surface area contributed by atoms with Crippen molar-refractivity contribution in [3.8, 4) is 0 Å². The molecule has 0 spiro atoms. The molecule has 0 aliphatic carbocycles. The second kappa shape index (κ2) is 4.97. The minimum absolute atomic E-state index is 0.262. The van der Waals surface area contributed by atoms with Crippen molar-refractivity contribution in [3.63, 3.8) is 0 Å². The standard InChI is InChI=1S/C12H14FN5O2/c1-12(2,14)11-7-17(16-15-11)6-8-3-4-10(18(19)20)9(13)5-8/h3-5,7H,6,14H2,1-2H3. The molecule has 0 aliphatic rings. The average Bonchev–Trinajstić information content (AvgIpc) is 2.76. The van der Waals surface area contributed by atoms with Gasteiger partial charge < -0.3 is 5.73 Å². The third-order valence-corrected chi connectivity index (χ3v) is 2.75. The fourth-order valence-corrected chi connectivity index (χ4v) is 1.65. The molecule has 2 N–H and O–H groups in total. The molecule has 1 aromatic carbocycles. The minimum atomic E-state index is -0.869. The molecule has 0 atom stereocenters. The van der Waals surface area contributed by atoms with Gasteiger partial charge in [0.25, 0.3) is 0 Å². The number of benzene rings is 1. The maximum Gasteiger partial charge on any atom is 0.304 e. The lowest BCUT2D eigenvalue weighted by molar-refractivity contribution is -0.387. The molecule has 20 heavy (non-hydrogen) atoms. The molecular formula is C12H14FN5O2. The third kappa shape index (κ3) is 2.97. The summed E-state index contributed by atoms with van der Waals surface area (Å²) >= 11 is 0. The summed E-state index contributed by atoms with van der Waals surface area (Å²) in [7, 11) is 0. The second-order valence-electron chi connectivity index (χ2n) is 5.07. The van der Waals surface area contributed by atoms with Crippen LogP contribution in [0.3, 0.4) is 0 Å². The summed E-state index contributed by atoms with van der Waals surface area (Å²) in [4.78, 5) is 9.77. The number of nitro benzene ring substituents is 1. The first-order valence-electron chi connectivity index (χ1n) is 5.89. The zero-order valence-corrected chi connectivity index (χ0v) is 11.1. The summed E-state index contributed by atoms with van der Waals surface area (Å²) in [5.74, 6) is -0.869. The number of rotatable bonds is 4. The maximum atomic E-state index is 13.5. The zero-order chi connectivity index (χ0) is 14.9. The number of hydrogen-bond acceptors (Lipinski definition) is 5. The van der Waals surface area contributed by atoms with Gasteiger partial charge in [-0.3, -0.25) is 10.1 Å². The number of aromatic nitrogens is 3. The lowest BCUT2D eigenvalue weighted by Crippen LogP contribution is -2.29. The number of nitrogens with zero attached hydrogens (tertiary/aromatic N) is 4. The van der Waals surface area contributed by atoms with E-state index in [0.717, 1.165) is 12.1 Å². The molecule has 2 aromatic rings. The molecule has 1 heterocycles. The summed E-state index contributed by atoms with van der Waals surface area (Å²) in [5.41, 5.74) is 5.90. The lowest BCUT2D eigenvalue weighted by Gasteiger charge is -2.13. The zero-order valence-electron chi connectivity index (χ0n) is 11.1. The van der Waals surface area contributed by atoms with E-state index < -0.39 is 22.0 Å². The Morgan fingerprint density at radius 2 is 2.20 bits per heavy atom. The Kier molecular flexibility index (Phi) is 3.49. The van der Waals surface area contributed by atoms with Crippen molar-refractivity contribution in [1.29, 1.82) is 0 Å². The highest BCUT2D eigenvalue weighted by atomic mass is 19.1. The summed E-state index contributed by atoms with van der Waals surface area (Å²) < 4.78 is 15.0. The monoisotopic (exact) mass is 279 g/mol. The molecule has 2 rings (SSSR count). The van der Waals surface area contributed by atoms with E-state index in [2.05, 4.69) is 10.3 Å². The van der Waals surface area contributed by atoms with Gasteiger partial charge in [-0.1, -0.05) is 11.3 Å². The van der Waals surface area contributed by atoms with Crippen LogP contribution in [0, 0.1) is 15.9 Å². The van der Waals surface area contributed by atoms with Crippen molar-refractivity contribution < 1.29 is 9.31 Å². The minimum Gasteiger partial charge on any atom is -0.320 e. The smallest absolute Gasteiger partial charge is 0.304 e. The molecule has 0 amide bonds. The molecule has 0 bridgehead atoms. The van der Waals surface area contributed by atoms with Crippen LogP contribution in [0.2, 0.25) is 0 Å². The van der Waals surface area contributed by atoms with Crippen LogP contribution in [0.4, 0.5) is 10.1 Å². The lowest BCUT2D eigenvalue weighted by atomic mass is 10.0. The number of nitrogens with two attached hydrogens (primary N) is 1. The second-order valence-corrected chi connectivity index (χ2v) is 5.07. The van der Waals surface area contributed by atoms with Crippen LogP contribution in [0.5, 0.6) is 0 Å². The van der Waals surface area contributed by atoms with Crippen molar-refractivity contribution in [3.05, 3.63) is 51.6 Å². The Hall–Kier alpha value is -2.35. The van der Waals surface area contributed by atoms with E-state index in [1.807, 2.05) is 0 Å². The highest BCUT2D eigenvalue weighted by Crippen LogP contribution is 2.19. The van der Waals surface area contributed by atoms with Crippen LogP contribution in [-0.2, 0) is 12.1 Å². The van der Waals surface area contributed by atoms with E-state index in [1.165, 1.54) is 10.7 Å². The van der Waals surface area contributed by atoms with Crippen molar-refractivity contribution in [1.82, 2.24) is 15.0 Å². The Labute approximate surface area is 114 Å². The van der Waals surface area contributed by atoms with Crippen LogP contribution in [0.15, 0.2) is 24.4 Å². The fraction of sp³-hybridized carbons (Fsp3) is 0.333. The van der Waals surface area contributed by atoms with Crippen molar-refractivity contribution in [2.45, 2.75) is 25.9 Å². The quantitative estimate of drug-likeness (QED) is 0.676. The van der Waals surface area contributed by atoms with E-state index in [-0.39, 0.29) is 6.54 Å². The normalized spacial score (nSPS) is 11.6. The highest BCUT2D eigenvalue weighted by molar-refractivity contribution is 5.35. The predicted molar refractivity (Wildman–Crippen MR) is 69.4 cm³/mol. The molecule has 7 nitrogen and oxygen atoms in total. The van der Waals surface area contributed by atoms with Gasteiger partial charge in [-0.25, -0.2) is 4.68 Å². The SMILES string of the molecule is CC(C)(N)c1cn(Cc2ccc([N+](=O)[O-])c(F)c2)nn1. The first kappa shape index (κ1) is 14.1. The van der Waals surface area contributed by atoms with E-state index in [0.29, 0.717) is 11.3 Å². The number of nitro groups is 1. The molecule has 0 aliphatic heterocycles. The Bertz CT molecular complexity index is 648. The molecule has 0 saturated carbocycles. The van der Waals surface area contributed by atoms with Gasteiger partial charge in [-0.15, -0.1) is 5.10 Å². The third-order valence-electron chi connectivity index (χ3n) is 2.75. The molecule has 1 aromatic heterocycles. The van der Waals surface area contributed by atoms with E-state index in [4.69, 9.17) is 5.73 Å². The van der Waals surface area contributed by atoms with Crippen LogP contribution in [-0.4, -0.2) is 19.9 Å². The van der Waals surface area contributed by atoms with Gasteiger partial charge >= 0.3 is 5.69 Å². The van der Waals surface area contributed by atoms with Crippen LogP contribution in [0.1, 0.15) is 25.1 Å². The Balaban J connectivity index is 2.20. The largest absolute Gasteiger partial charge is 0.320 e. The Morgan fingerprint density at radius 1 is 1.50 bits per heavy atom. The van der Waals surface area contributed by atoms with Crippen LogP contribution >= 0.6 is 0 Å². The summed E-state index contributed by atoms with van der Waals surface area (Å²) in [6.45, 7) is 3.86. The number of halogens is 1. The fourth-order valence-electron chi connectivity index (χ4n) is 1.65. The van der Waals surface area contributed by atoms with Gasteiger partial charge in [0.05, 0.1) is 23.2 Å². The van der Waals surface area contributed by atoms with Gasteiger partial charge in [0.1, 0.15) is 5.69 Å². The van der Waals surface area contributed by atoms with Gasteiger partial charge in [-0.05, 0) is 25.5 Å². The molecule has 0 unspecified atom stereocenters. The number of hydrogen-bond donors (Lipinski definition) is 1. The van der Waals surface area contributed by atoms with Gasteiger partial charge in [0.15, 0.2) is 0 Å². The van der Waals surface area contributed by atoms with Crippen LogP contribution in [0.25, 0.3) is 0 Å². The molecule has 0 fully saturated rings. The van der Waals surface area contributed by atoms with Gasteiger partial charge in [0, 0.05) is 6.07 Å². The summed E-state index contributed by atoms with van der Waals surface area (Å²) in [5, 5.41) is 18.4. The van der Waals surface area contributed by atoms with E-state index in [9.17, 15) is 14.5 Å². The van der Waals surface area contributed by atoms with E-state index in [1.54, 1.807) is 20.0 Å². The first-order chi connectivity index (χ1) is 9.27. The van der Waals surface area contributed by atoms with Crippen molar-refractivity contribution >= 4 is 5.69 Å². The average molecular weight is 279 g/mol. The van der Waals surface area contributed by atoms with Crippen LogP contribution < -0.4 is 5.73 Å². The van der Waals surface area contributed by atoms with Crippen molar-refractivity contribution in [2.75, 3.05) is 0 Å². The highest BCUT2D eigenvalue weighted by Gasteiger charge is 2.19. The van der Waals surface area contributed by atoms with Crippen molar-refractivity contribution in [2.24, 2.45) is 5.73 Å². The molecular weight excluding hydrogens is 265 g/mol. The summed E-state index contributed by atoms with van der Waals surface area (Å²) in [6, 6.07) is 3.73. The summed E-state index contributed by atoms with van der Waals surface area (Å²) in [6.07, 6.45) is 1.67. The molecule has 8 heteroatoms. The molecule has 106 valence electrons. The van der Waals surface area contributed by atoms with E-state index >= 15 is 0 Å². The molecule has 0 saturated heterocycles. The first-order valence-corrected chi connectivity index (χ1v) is 5.89. The van der Waals surface area contributed by atoms with Gasteiger partial charge in [-0.2, -0.15) is 4.39 Å². The topological polar surface area (TPSA) is 99.9 Å². The van der Waals surface area contributed by atoms with Gasteiger partial charge in [0.2, 0.25) is 5.82 Å². The maximum absolute atomic E-state index is 13.5. The molecule has 0 radical (unpaired) electrons. The predicted octanol–water partition coefficient (Wildman–Crippen LogP) is 1.57. The Morgan fingerprint density at radius 3 is 2.70 bits per heavy atom.